The highest BCUT2D eigenvalue weighted by molar-refractivity contribution is 5.13. The van der Waals surface area contributed by atoms with Crippen LogP contribution >= 0.6 is 0 Å². The lowest BCUT2D eigenvalue weighted by molar-refractivity contribution is 0.00468. The average Bonchev–Trinajstić information content (AvgIpc) is 3.03. The Bertz CT molecular complexity index is 282. The molecule has 1 aliphatic carbocycles. The third kappa shape index (κ3) is 4.02. The third-order valence-electron chi connectivity index (χ3n) is 2.75. The molecular weight excluding hydrogens is 186 g/mol. The minimum absolute atomic E-state index is 0.473. The first-order valence-electron chi connectivity index (χ1n) is 5.76. The molecule has 0 heterocycles. The molecule has 1 aromatic rings. The van der Waals surface area contributed by atoms with E-state index in [-0.39, 0.29) is 0 Å². The first-order chi connectivity index (χ1) is 7.34. The van der Waals surface area contributed by atoms with E-state index in [2.05, 4.69) is 24.5 Å². The topological polar surface area (TPSA) is 21.3 Å². The van der Waals surface area contributed by atoms with E-state index in [0.29, 0.717) is 12.6 Å². The zero-order valence-corrected chi connectivity index (χ0v) is 9.28. The summed E-state index contributed by atoms with van der Waals surface area (Å²) < 4.78 is 0. The van der Waals surface area contributed by atoms with Crippen molar-refractivity contribution in [3.05, 3.63) is 35.9 Å². The monoisotopic (exact) mass is 205 g/mol. The fourth-order valence-corrected chi connectivity index (χ4v) is 1.74. The van der Waals surface area contributed by atoms with E-state index < -0.39 is 0 Å². The van der Waals surface area contributed by atoms with Crippen molar-refractivity contribution in [1.82, 2.24) is 5.48 Å². The summed E-state index contributed by atoms with van der Waals surface area (Å²) in [5.41, 5.74) is 4.31. The predicted molar refractivity (Wildman–Crippen MR) is 61.2 cm³/mol. The largest absolute Gasteiger partial charge is 0.297 e. The second-order valence-electron chi connectivity index (χ2n) is 4.47. The van der Waals surface area contributed by atoms with Crippen molar-refractivity contribution in [2.24, 2.45) is 5.92 Å². The second-order valence-corrected chi connectivity index (χ2v) is 4.47. The fraction of sp³-hybridized carbons (Fsp3) is 0.538. The molecule has 0 aromatic heterocycles. The van der Waals surface area contributed by atoms with E-state index >= 15 is 0 Å². The summed E-state index contributed by atoms with van der Waals surface area (Å²) in [5.74, 6) is 0.952. The Morgan fingerprint density at radius 1 is 1.33 bits per heavy atom. The van der Waals surface area contributed by atoms with Crippen LogP contribution in [0, 0.1) is 5.92 Å². The van der Waals surface area contributed by atoms with Crippen LogP contribution in [0.4, 0.5) is 0 Å². The average molecular weight is 205 g/mol. The lowest BCUT2D eigenvalue weighted by atomic mass is 10.2. The van der Waals surface area contributed by atoms with Gasteiger partial charge in [0, 0.05) is 6.04 Å². The second kappa shape index (κ2) is 5.29. The van der Waals surface area contributed by atoms with E-state index in [9.17, 15) is 0 Å². The van der Waals surface area contributed by atoms with Crippen molar-refractivity contribution in [2.45, 2.75) is 38.8 Å². The molecule has 1 atom stereocenters. The van der Waals surface area contributed by atoms with Crippen LogP contribution in [0.5, 0.6) is 0 Å². The van der Waals surface area contributed by atoms with Crippen LogP contribution in [0.1, 0.15) is 31.7 Å². The molecule has 2 nitrogen and oxygen atoms in total. The Labute approximate surface area is 91.6 Å². The highest BCUT2D eigenvalue weighted by Gasteiger charge is 2.23. The molecule has 0 radical (unpaired) electrons. The van der Waals surface area contributed by atoms with Crippen LogP contribution in [0.15, 0.2) is 30.3 Å². The van der Waals surface area contributed by atoms with E-state index in [4.69, 9.17) is 4.84 Å². The van der Waals surface area contributed by atoms with Crippen molar-refractivity contribution < 1.29 is 4.84 Å². The molecule has 2 heteroatoms. The van der Waals surface area contributed by atoms with Crippen LogP contribution in [0.2, 0.25) is 0 Å². The van der Waals surface area contributed by atoms with E-state index in [0.717, 1.165) is 5.92 Å². The van der Waals surface area contributed by atoms with Crippen LogP contribution in [-0.2, 0) is 11.4 Å². The molecule has 0 bridgehead atoms. The van der Waals surface area contributed by atoms with E-state index in [1.54, 1.807) is 0 Å². The molecule has 0 aliphatic heterocycles. The third-order valence-corrected chi connectivity index (χ3v) is 2.75. The first kappa shape index (κ1) is 10.7. The Morgan fingerprint density at radius 3 is 2.73 bits per heavy atom. The zero-order chi connectivity index (χ0) is 10.5. The van der Waals surface area contributed by atoms with Gasteiger partial charge in [-0.05, 0) is 24.8 Å². The Balaban J connectivity index is 1.61. The summed E-state index contributed by atoms with van der Waals surface area (Å²) in [4.78, 5) is 5.46. The van der Waals surface area contributed by atoms with Gasteiger partial charge in [0.25, 0.3) is 0 Å². The Hall–Kier alpha value is -0.860. The molecule has 1 saturated carbocycles. The highest BCUT2D eigenvalue weighted by atomic mass is 16.6. The summed E-state index contributed by atoms with van der Waals surface area (Å²) in [5, 5.41) is 0. The summed E-state index contributed by atoms with van der Waals surface area (Å²) >= 11 is 0. The van der Waals surface area contributed by atoms with Gasteiger partial charge in [0.2, 0.25) is 0 Å². The first-order valence-corrected chi connectivity index (χ1v) is 5.76. The number of benzene rings is 1. The molecule has 1 aliphatic rings. The SMILES string of the molecule is CC(CC1CC1)NOCc1ccccc1. The zero-order valence-electron chi connectivity index (χ0n) is 9.28. The number of nitrogens with one attached hydrogen (secondary N) is 1. The van der Waals surface area contributed by atoms with Gasteiger partial charge in [0.05, 0.1) is 6.61 Å². The van der Waals surface area contributed by atoms with Gasteiger partial charge < -0.3 is 0 Å². The Kier molecular flexibility index (Phi) is 3.75. The van der Waals surface area contributed by atoms with Gasteiger partial charge in [0.15, 0.2) is 0 Å². The molecular formula is C13H19NO. The van der Waals surface area contributed by atoms with Crippen LogP contribution in [0.3, 0.4) is 0 Å². The van der Waals surface area contributed by atoms with Gasteiger partial charge in [0.1, 0.15) is 0 Å². The van der Waals surface area contributed by atoms with Crippen molar-refractivity contribution in [1.29, 1.82) is 0 Å². The van der Waals surface area contributed by atoms with Gasteiger partial charge in [-0.1, -0.05) is 43.2 Å². The molecule has 15 heavy (non-hydrogen) atoms. The lowest BCUT2D eigenvalue weighted by Crippen LogP contribution is -2.26. The molecule has 0 amide bonds. The van der Waals surface area contributed by atoms with Crippen molar-refractivity contribution in [2.75, 3.05) is 0 Å². The minimum Gasteiger partial charge on any atom is -0.297 e. The van der Waals surface area contributed by atoms with Gasteiger partial charge >= 0.3 is 0 Å². The summed E-state index contributed by atoms with van der Waals surface area (Å²) in [6.07, 6.45) is 4.06. The summed E-state index contributed by atoms with van der Waals surface area (Å²) in [6, 6.07) is 10.7. The summed E-state index contributed by atoms with van der Waals surface area (Å²) in [7, 11) is 0. The molecule has 82 valence electrons. The standard InChI is InChI=1S/C13H19NO/c1-11(9-12-7-8-12)14-15-10-13-5-3-2-4-6-13/h2-6,11-12,14H,7-10H2,1H3. The quantitative estimate of drug-likeness (QED) is 0.721. The lowest BCUT2D eigenvalue weighted by Gasteiger charge is -2.12. The highest BCUT2D eigenvalue weighted by Crippen LogP contribution is 2.33. The molecule has 1 fully saturated rings. The maximum atomic E-state index is 5.46. The molecule has 1 N–H and O–H groups in total. The van der Waals surface area contributed by atoms with Gasteiger partial charge in [-0.3, -0.25) is 4.84 Å². The van der Waals surface area contributed by atoms with Crippen molar-refractivity contribution in [3.63, 3.8) is 0 Å². The number of hydroxylamine groups is 1. The number of hydrogen-bond acceptors (Lipinski definition) is 2. The van der Waals surface area contributed by atoms with E-state index in [1.807, 2.05) is 18.2 Å². The number of hydrogen-bond donors (Lipinski definition) is 1. The fourth-order valence-electron chi connectivity index (χ4n) is 1.74. The van der Waals surface area contributed by atoms with E-state index in [1.165, 1.54) is 24.8 Å². The molecule has 2 rings (SSSR count). The van der Waals surface area contributed by atoms with Gasteiger partial charge in [-0.2, -0.15) is 5.48 Å². The van der Waals surface area contributed by atoms with Crippen LogP contribution in [-0.4, -0.2) is 6.04 Å². The minimum atomic E-state index is 0.473. The van der Waals surface area contributed by atoms with Crippen molar-refractivity contribution >= 4 is 0 Å². The van der Waals surface area contributed by atoms with Gasteiger partial charge in [-0.15, -0.1) is 0 Å². The molecule has 0 spiro atoms. The predicted octanol–water partition coefficient (Wildman–Crippen LogP) is 2.90. The van der Waals surface area contributed by atoms with Crippen LogP contribution < -0.4 is 5.48 Å². The smallest absolute Gasteiger partial charge is 0.0933 e. The summed E-state index contributed by atoms with van der Waals surface area (Å²) in [6.45, 7) is 2.83. The maximum absolute atomic E-state index is 5.46. The number of rotatable bonds is 6. The van der Waals surface area contributed by atoms with Gasteiger partial charge in [-0.25, -0.2) is 0 Å². The maximum Gasteiger partial charge on any atom is 0.0933 e. The van der Waals surface area contributed by atoms with Crippen LogP contribution in [0.25, 0.3) is 0 Å². The molecule has 0 saturated heterocycles. The normalized spacial score (nSPS) is 17.7. The Morgan fingerprint density at radius 2 is 2.07 bits per heavy atom. The van der Waals surface area contributed by atoms with Crippen molar-refractivity contribution in [3.8, 4) is 0 Å². The molecule has 1 aromatic carbocycles. The molecule has 1 unspecified atom stereocenters.